The highest BCUT2D eigenvalue weighted by Crippen LogP contribution is 2.22. The standard InChI is InChI=1S/C21H17FN2O3/c22-19-9-1-4-14(10-19)13-23-20(25)17-7-2-5-15(11-17)16-6-3-8-18(12-16)21(26)24-27/h1-12,27H,13H2,(H,23,25)(H,24,26). The Morgan fingerprint density at radius 3 is 2.00 bits per heavy atom. The molecule has 0 radical (unpaired) electrons. The first kappa shape index (κ1) is 18.3. The normalized spacial score (nSPS) is 10.3. The van der Waals surface area contributed by atoms with Crippen LogP contribution in [0.4, 0.5) is 4.39 Å². The van der Waals surface area contributed by atoms with Gasteiger partial charge in [0.1, 0.15) is 5.82 Å². The van der Waals surface area contributed by atoms with Gasteiger partial charge in [-0.1, -0.05) is 36.4 Å². The summed E-state index contributed by atoms with van der Waals surface area (Å²) in [6.07, 6.45) is 0. The van der Waals surface area contributed by atoms with E-state index in [0.29, 0.717) is 16.7 Å². The zero-order valence-electron chi connectivity index (χ0n) is 14.3. The quantitative estimate of drug-likeness (QED) is 0.479. The average molecular weight is 364 g/mol. The van der Waals surface area contributed by atoms with Gasteiger partial charge in [-0.15, -0.1) is 0 Å². The molecule has 3 aromatic rings. The Labute approximate surface area is 155 Å². The summed E-state index contributed by atoms with van der Waals surface area (Å²) in [4.78, 5) is 24.0. The molecule has 0 saturated carbocycles. The van der Waals surface area contributed by atoms with E-state index >= 15 is 0 Å². The van der Waals surface area contributed by atoms with Crippen LogP contribution >= 0.6 is 0 Å². The molecule has 2 amide bonds. The van der Waals surface area contributed by atoms with Crippen molar-refractivity contribution in [3.05, 3.63) is 95.3 Å². The third-order valence-corrected chi connectivity index (χ3v) is 4.03. The minimum Gasteiger partial charge on any atom is -0.348 e. The number of rotatable bonds is 5. The molecule has 0 aliphatic carbocycles. The van der Waals surface area contributed by atoms with Gasteiger partial charge in [0, 0.05) is 17.7 Å². The summed E-state index contributed by atoms with van der Waals surface area (Å²) in [5.41, 5.74) is 4.50. The molecule has 0 aliphatic heterocycles. The molecule has 0 unspecified atom stereocenters. The van der Waals surface area contributed by atoms with Crippen molar-refractivity contribution in [2.24, 2.45) is 0 Å². The lowest BCUT2D eigenvalue weighted by atomic mass is 10.0. The van der Waals surface area contributed by atoms with Gasteiger partial charge in [-0.05, 0) is 53.1 Å². The first-order valence-corrected chi connectivity index (χ1v) is 8.24. The predicted molar refractivity (Wildman–Crippen MR) is 98.7 cm³/mol. The van der Waals surface area contributed by atoms with Gasteiger partial charge in [0.25, 0.3) is 11.8 Å². The van der Waals surface area contributed by atoms with E-state index < -0.39 is 5.91 Å². The molecule has 0 saturated heterocycles. The third-order valence-electron chi connectivity index (χ3n) is 4.03. The summed E-state index contributed by atoms with van der Waals surface area (Å²) >= 11 is 0. The lowest BCUT2D eigenvalue weighted by Gasteiger charge is -2.08. The number of halogens is 1. The van der Waals surface area contributed by atoms with Crippen LogP contribution in [0.15, 0.2) is 72.8 Å². The minimum absolute atomic E-state index is 0.215. The Hall–Kier alpha value is -3.51. The third kappa shape index (κ3) is 4.56. The number of nitrogens with one attached hydrogen (secondary N) is 2. The van der Waals surface area contributed by atoms with Crippen molar-refractivity contribution < 1.29 is 19.2 Å². The van der Waals surface area contributed by atoms with E-state index in [1.54, 1.807) is 60.1 Å². The lowest BCUT2D eigenvalue weighted by Crippen LogP contribution is -2.22. The Bertz CT molecular complexity index is 988. The maximum Gasteiger partial charge on any atom is 0.274 e. The molecule has 0 aliphatic rings. The van der Waals surface area contributed by atoms with Crippen LogP contribution in [0.2, 0.25) is 0 Å². The van der Waals surface area contributed by atoms with Gasteiger partial charge in [-0.3, -0.25) is 14.8 Å². The van der Waals surface area contributed by atoms with Crippen molar-refractivity contribution in [2.45, 2.75) is 6.54 Å². The molecular weight excluding hydrogens is 347 g/mol. The van der Waals surface area contributed by atoms with Crippen LogP contribution < -0.4 is 10.8 Å². The molecule has 5 nitrogen and oxygen atoms in total. The Kier molecular flexibility index (Phi) is 5.58. The monoisotopic (exact) mass is 364 g/mol. The summed E-state index contributed by atoms with van der Waals surface area (Å²) in [6, 6.07) is 19.7. The zero-order chi connectivity index (χ0) is 19.2. The van der Waals surface area contributed by atoms with E-state index in [4.69, 9.17) is 5.21 Å². The molecule has 3 aromatic carbocycles. The van der Waals surface area contributed by atoms with Gasteiger partial charge in [0.2, 0.25) is 0 Å². The first-order chi connectivity index (χ1) is 13.1. The maximum absolute atomic E-state index is 13.2. The second-order valence-corrected chi connectivity index (χ2v) is 5.92. The molecule has 0 spiro atoms. The van der Waals surface area contributed by atoms with Gasteiger partial charge in [-0.2, -0.15) is 0 Å². The number of carbonyl (C=O) groups excluding carboxylic acids is 2. The largest absolute Gasteiger partial charge is 0.348 e. The van der Waals surface area contributed by atoms with Crippen LogP contribution in [0, 0.1) is 5.82 Å². The van der Waals surface area contributed by atoms with Gasteiger partial charge in [0.05, 0.1) is 0 Å². The van der Waals surface area contributed by atoms with Crippen molar-refractivity contribution >= 4 is 11.8 Å². The Morgan fingerprint density at radius 1 is 0.815 bits per heavy atom. The van der Waals surface area contributed by atoms with E-state index in [2.05, 4.69) is 5.32 Å². The highest BCUT2D eigenvalue weighted by Gasteiger charge is 2.09. The van der Waals surface area contributed by atoms with Crippen molar-refractivity contribution in [3.63, 3.8) is 0 Å². The van der Waals surface area contributed by atoms with E-state index in [1.807, 2.05) is 6.07 Å². The SMILES string of the molecule is O=C(NO)c1cccc(-c2cccc(C(=O)NCc3cccc(F)c3)c2)c1. The second kappa shape index (κ2) is 8.25. The van der Waals surface area contributed by atoms with Crippen molar-refractivity contribution in [2.75, 3.05) is 0 Å². The summed E-state index contributed by atoms with van der Waals surface area (Å²) in [7, 11) is 0. The number of amides is 2. The highest BCUT2D eigenvalue weighted by molar-refractivity contribution is 5.96. The molecule has 0 bridgehead atoms. The predicted octanol–water partition coefficient (Wildman–Crippen LogP) is 3.54. The molecule has 0 heterocycles. The molecular formula is C21H17FN2O3. The van der Waals surface area contributed by atoms with E-state index in [9.17, 15) is 14.0 Å². The van der Waals surface area contributed by atoms with Crippen LogP contribution in [0.25, 0.3) is 11.1 Å². The first-order valence-electron chi connectivity index (χ1n) is 8.24. The van der Waals surface area contributed by atoms with Crippen LogP contribution in [0.1, 0.15) is 26.3 Å². The van der Waals surface area contributed by atoms with E-state index in [1.165, 1.54) is 12.1 Å². The molecule has 3 N–H and O–H groups in total. The Balaban J connectivity index is 1.77. The molecule has 0 fully saturated rings. The Morgan fingerprint density at radius 2 is 1.41 bits per heavy atom. The van der Waals surface area contributed by atoms with Crippen LogP contribution in [0.3, 0.4) is 0 Å². The summed E-state index contributed by atoms with van der Waals surface area (Å²) in [5.74, 6) is -1.25. The summed E-state index contributed by atoms with van der Waals surface area (Å²) < 4.78 is 13.2. The second-order valence-electron chi connectivity index (χ2n) is 5.92. The van der Waals surface area contributed by atoms with Crippen molar-refractivity contribution in [1.82, 2.24) is 10.8 Å². The summed E-state index contributed by atoms with van der Waals surface area (Å²) in [5, 5.41) is 11.5. The molecule has 0 aromatic heterocycles. The van der Waals surface area contributed by atoms with E-state index in [-0.39, 0.29) is 18.3 Å². The fourth-order valence-corrected chi connectivity index (χ4v) is 2.68. The fraction of sp³-hybridized carbons (Fsp3) is 0.0476. The number of carbonyl (C=O) groups is 2. The van der Waals surface area contributed by atoms with Crippen molar-refractivity contribution in [1.29, 1.82) is 0 Å². The van der Waals surface area contributed by atoms with Gasteiger partial charge < -0.3 is 5.32 Å². The molecule has 3 rings (SSSR count). The molecule has 136 valence electrons. The summed E-state index contributed by atoms with van der Waals surface area (Å²) in [6.45, 7) is 0.215. The minimum atomic E-state index is -0.610. The van der Waals surface area contributed by atoms with E-state index in [0.717, 1.165) is 11.1 Å². The van der Waals surface area contributed by atoms with Crippen molar-refractivity contribution in [3.8, 4) is 11.1 Å². The smallest absolute Gasteiger partial charge is 0.274 e. The van der Waals surface area contributed by atoms with Crippen LogP contribution in [-0.4, -0.2) is 17.0 Å². The number of benzene rings is 3. The number of hydrogen-bond acceptors (Lipinski definition) is 3. The topological polar surface area (TPSA) is 78.4 Å². The molecule has 0 atom stereocenters. The average Bonchev–Trinajstić information content (AvgIpc) is 2.71. The van der Waals surface area contributed by atoms with Gasteiger partial charge in [-0.25, -0.2) is 9.87 Å². The molecule has 27 heavy (non-hydrogen) atoms. The zero-order valence-corrected chi connectivity index (χ0v) is 14.3. The maximum atomic E-state index is 13.2. The number of hydrogen-bond donors (Lipinski definition) is 3. The van der Waals surface area contributed by atoms with Gasteiger partial charge >= 0.3 is 0 Å². The van der Waals surface area contributed by atoms with Crippen LogP contribution in [0.5, 0.6) is 0 Å². The fourth-order valence-electron chi connectivity index (χ4n) is 2.68. The van der Waals surface area contributed by atoms with Crippen LogP contribution in [-0.2, 0) is 6.54 Å². The molecule has 6 heteroatoms. The lowest BCUT2D eigenvalue weighted by molar-refractivity contribution is 0.0706. The highest BCUT2D eigenvalue weighted by atomic mass is 19.1. The van der Waals surface area contributed by atoms with Gasteiger partial charge in [0.15, 0.2) is 0 Å². The number of hydroxylamine groups is 1.